The Morgan fingerprint density at radius 2 is 1.64 bits per heavy atom. The predicted molar refractivity (Wildman–Crippen MR) is 131 cm³/mol. The summed E-state index contributed by atoms with van der Waals surface area (Å²) in [6.07, 6.45) is -4.69. The van der Waals surface area contributed by atoms with Crippen LogP contribution in [0.4, 0.5) is 13.2 Å². The van der Waals surface area contributed by atoms with E-state index in [2.05, 4.69) is 15.0 Å². The highest BCUT2D eigenvalue weighted by Gasteiger charge is 2.36. The Kier molecular flexibility index (Phi) is 6.63. The fourth-order valence-corrected chi connectivity index (χ4v) is 4.55. The quantitative estimate of drug-likeness (QED) is 0.338. The molecule has 0 atom stereocenters. The van der Waals surface area contributed by atoms with Gasteiger partial charge in [0.1, 0.15) is 0 Å². The molecule has 0 radical (unpaired) electrons. The van der Waals surface area contributed by atoms with Crippen molar-refractivity contribution in [1.29, 1.82) is 0 Å². The second-order valence-corrected chi connectivity index (χ2v) is 9.40. The molecule has 5 rings (SSSR count). The van der Waals surface area contributed by atoms with Crippen LogP contribution in [0.3, 0.4) is 0 Å². The van der Waals surface area contributed by atoms with Crippen molar-refractivity contribution in [2.75, 3.05) is 26.2 Å². The first-order valence-corrected chi connectivity index (χ1v) is 11.9. The van der Waals surface area contributed by atoms with E-state index in [-0.39, 0.29) is 17.0 Å². The van der Waals surface area contributed by atoms with Crippen LogP contribution in [0.15, 0.2) is 60.7 Å². The third-order valence-corrected chi connectivity index (χ3v) is 6.52. The number of hydrogen-bond acceptors (Lipinski definition) is 4. The van der Waals surface area contributed by atoms with Gasteiger partial charge in [0.2, 0.25) is 0 Å². The van der Waals surface area contributed by atoms with Gasteiger partial charge in [-0.3, -0.25) is 9.69 Å². The topological polar surface area (TPSA) is 53.7 Å². The number of carbonyl (C=O) groups is 1. The van der Waals surface area contributed by atoms with Crippen molar-refractivity contribution < 1.29 is 18.0 Å². The van der Waals surface area contributed by atoms with E-state index >= 15 is 0 Å². The zero-order valence-electron chi connectivity index (χ0n) is 18.8. The van der Waals surface area contributed by atoms with Gasteiger partial charge in [-0.1, -0.05) is 47.5 Å². The highest BCUT2D eigenvalue weighted by Crippen LogP contribution is 2.32. The lowest BCUT2D eigenvalue weighted by atomic mass is 10.1. The fourth-order valence-electron chi connectivity index (χ4n) is 4.21. The third kappa shape index (κ3) is 5.18. The molecule has 1 aliphatic rings. The molecule has 1 amide bonds. The van der Waals surface area contributed by atoms with Crippen molar-refractivity contribution in [3.05, 3.63) is 87.7 Å². The third-order valence-electron chi connectivity index (χ3n) is 6.03. The maximum Gasteiger partial charge on any atom is 0.433 e. The van der Waals surface area contributed by atoms with Crippen molar-refractivity contribution in [3.8, 4) is 11.3 Å². The van der Waals surface area contributed by atoms with E-state index in [0.717, 1.165) is 11.6 Å². The molecular formula is C25H20Cl2F3N5O. The van der Waals surface area contributed by atoms with E-state index in [9.17, 15) is 18.0 Å². The maximum absolute atomic E-state index is 13.9. The Labute approximate surface area is 214 Å². The fraction of sp³-hybridized carbons (Fsp3) is 0.240. The number of carbonyl (C=O) groups excluding carboxylic acids is 1. The van der Waals surface area contributed by atoms with Gasteiger partial charge in [0, 0.05) is 54.4 Å². The minimum atomic E-state index is -4.69. The molecule has 1 fully saturated rings. The van der Waals surface area contributed by atoms with Crippen LogP contribution >= 0.6 is 23.2 Å². The molecule has 0 saturated carbocycles. The zero-order chi connectivity index (χ0) is 25.4. The van der Waals surface area contributed by atoms with Crippen LogP contribution < -0.4 is 0 Å². The Hall–Kier alpha value is -3.14. The van der Waals surface area contributed by atoms with Gasteiger partial charge in [0.05, 0.1) is 5.69 Å². The number of halogens is 5. The molecule has 11 heteroatoms. The normalized spacial score (nSPS) is 15.0. The molecule has 0 unspecified atom stereocenters. The number of hydrogen-bond donors (Lipinski definition) is 0. The van der Waals surface area contributed by atoms with Crippen molar-refractivity contribution in [2.24, 2.45) is 0 Å². The predicted octanol–water partition coefficient (Wildman–Crippen LogP) is 5.68. The summed E-state index contributed by atoms with van der Waals surface area (Å²) in [6, 6.07) is 16.2. The number of aromatic nitrogens is 3. The maximum atomic E-state index is 13.9. The van der Waals surface area contributed by atoms with Gasteiger partial charge in [0.25, 0.3) is 5.91 Å². The Balaban J connectivity index is 1.37. The summed E-state index contributed by atoms with van der Waals surface area (Å²) < 4.78 is 42.3. The lowest BCUT2D eigenvalue weighted by Crippen LogP contribution is -2.48. The molecule has 1 aliphatic heterocycles. The Morgan fingerprint density at radius 3 is 2.31 bits per heavy atom. The first kappa shape index (κ1) is 24.5. The Morgan fingerprint density at radius 1 is 0.917 bits per heavy atom. The number of amides is 1. The molecular weight excluding hydrogens is 514 g/mol. The molecule has 0 aliphatic carbocycles. The minimum absolute atomic E-state index is 0.0577. The molecule has 4 aromatic rings. The minimum Gasteiger partial charge on any atom is -0.335 e. The summed E-state index contributed by atoms with van der Waals surface area (Å²) in [5.41, 5.74) is 0.507. The molecule has 0 spiro atoms. The first-order valence-electron chi connectivity index (χ1n) is 11.2. The van der Waals surface area contributed by atoms with Crippen molar-refractivity contribution in [3.63, 3.8) is 0 Å². The van der Waals surface area contributed by atoms with Crippen molar-refractivity contribution >= 4 is 34.8 Å². The summed E-state index contributed by atoms with van der Waals surface area (Å²) in [4.78, 5) is 21.2. The molecule has 36 heavy (non-hydrogen) atoms. The lowest BCUT2D eigenvalue weighted by Gasteiger charge is -2.34. The average molecular weight is 534 g/mol. The molecule has 186 valence electrons. The van der Waals surface area contributed by atoms with Gasteiger partial charge in [-0.05, 0) is 35.9 Å². The summed E-state index contributed by atoms with van der Waals surface area (Å²) in [7, 11) is 0. The number of fused-ring (bicyclic) bond motifs is 1. The van der Waals surface area contributed by atoms with E-state index < -0.39 is 17.8 Å². The van der Waals surface area contributed by atoms with Gasteiger partial charge < -0.3 is 4.90 Å². The van der Waals surface area contributed by atoms with Crippen LogP contribution in [0.5, 0.6) is 0 Å². The number of piperazine rings is 1. The lowest BCUT2D eigenvalue weighted by molar-refractivity contribution is -0.142. The van der Waals surface area contributed by atoms with Crippen molar-refractivity contribution in [1.82, 2.24) is 24.4 Å². The van der Waals surface area contributed by atoms with E-state index in [0.29, 0.717) is 52.8 Å². The van der Waals surface area contributed by atoms with Gasteiger partial charge in [-0.25, -0.2) is 9.50 Å². The smallest absolute Gasteiger partial charge is 0.335 e. The molecule has 1 saturated heterocycles. The van der Waals surface area contributed by atoms with Gasteiger partial charge in [-0.2, -0.15) is 18.3 Å². The van der Waals surface area contributed by atoms with E-state index in [1.165, 1.54) is 6.07 Å². The van der Waals surface area contributed by atoms with Crippen LogP contribution in [0.1, 0.15) is 21.7 Å². The van der Waals surface area contributed by atoms with E-state index in [4.69, 9.17) is 23.2 Å². The summed E-state index contributed by atoms with van der Waals surface area (Å²) in [5, 5.41) is 5.12. The second kappa shape index (κ2) is 9.72. The van der Waals surface area contributed by atoms with Crippen LogP contribution in [0, 0.1) is 0 Å². The Bertz CT molecular complexity index is 1410. The highest BCUT2D eigenvalue weighted by atomic mass is 35.5. The number of nitrogens with zero attached hydrogens (tertiary/aromatic N) is 5. The number of alkyl halides is 3. The molecule has 6 nitrogen and oxygen atoms in total. The largest absolute Gasteiger partial charge is 0.433 e. The zero-order valence-corrected chi connectivity index (χ0v) is 20.4. The summed E-state index contributed by atoms with van der Waals surface area (Å²) >= 11 is 12.0. The van der Waals surface area contributed by atoms with Gasteiger partial charge in [-0.15, -0.1) is 0 Å². The van der Waals surface area contributed by atoms with Gasteiger partial charge in [0.15, 0.2) is 17.0 Å². The number of rotatable bonds is 4. The van der Waals surface area contributed by atoms with E-state index in [1.807, 2.05) is 24.3 Å². The standard InChI is InChI=1S/C25H20Cl2F3N5O/c26-18-6-4-17(5-7-18)20-13-22(25(28,29)30)35-23(31-20)14-21(32-35)24(36)34-10-8-33(9-11-34)15-16-2-1-3-19(27)12-16/h1-7,12-14H,8-11,15H2. The van der Waals surface area contributed by atoms with Crippen LogP contribution in [0.2, 0.25) is 10.0 Å². The molecule has 0 N–H and O–H groups in total. The highest BCUT2D eigenvalue weighted by molar-refractivity contribution is 6.30. The SMILES string of the molecule is O=C(c1cc2nc(-c3ccc(Cl)cc3)cc(C(F)(F)F)n2n1)N1CCN(Cc2cccc(Cl)c2)CC1. The van der Waals surface area contributed by atoms with Crippen LogP contribution in [0.25, 0.3) is 16.9 Å². The van der Waals surface area contributed by atoms with Crippen molar-refractivity contribution in [2.45, 2.75) is 12.7 Å². The monoisotopic (exact) mass is 533 g/mol. The summed E-state index contributed by atoms with van der Waals surface area (Å²) in [6.45, 7) is 2.81. The molecule has 0 bridgehead atoms. The molecule has 2 aromatic carbocycles. The molecule has 2 aromatic heterocycles. The number of benzene rings is 2. The van der Waals surface area contributed by atoms with E-state index in [1.54, 1.807) is 29.2 Å². The van der Waals surface area contributed by atoms with Crippen LogP contribution in [-0.4, -0.2) is 56.5 Å². The molecule has 3 heterocycles. The first-order chi connectivity index (χ1) is 17.2. The van der Waals surface area contributed by atoms with Crippen LogP contribution in [-0.2, 0) is 12.7 Å². The average Bonchev–Trinajstić information content (AvgIpc) is 3.27. The van der Waals surface area contributed by atoms with Gasteiger partial charge >= 0.3 is 6.18 Å². The summed E-state index contributed by atoms with van der Waals surface area (Å²) in [5.74, 6) is -0.427. The second-order valence-electron chi connectivity index (χ2n) is 8.53.